The molecular weight excluding hydrogens is 394 g/mol. The van der Waals surface area contributed by atoms with E-state index in [1.807, 2.05) is 13.0 Å². The molecule has 1 unspecified atom stereocenters. The van der Waals surface area contributed by atoms with Crippen LogP contribution in [0.15, 0.2) is 36.4 Å². The van der Waals surface area contributed by atoms with E-state index in [9.17, 15) is 4.79 Å². The van der Waals surface area contributed by atoms with Gasteiger partial charge in [-0.1, -0.05) is 72.2 Å². The smallest absolute Gasteiger partial charge is 0.265 e. The fourth-order valence-electron chi connectivity index (χ4n) is 3.16. The van der Waals surface area contributed by atoms with Crippen LogP contribution in [0.2, 0.25) is 5.02 Å². The number of halogens is 1. The lowest BCUT2D eigenvalue weighted by Gasteiger charge is -2.31. The second kappa shape index (κ2) is 9.87. The Morgan fingerprint density at radius 3 is 2.27 bits per heavy atom. The number of hydrogen-bond donors (Lipinski definition) is 1. The van der Waals surface area contributed by atoms with E-state index in [-0.39, 0.29) is 16.7 Å². The van der Waals surface area contributed by atoms with Crippen LogP contribution in [0.3, 0.4) is 0 Å². The van der Waals surface area contributed by atoms with Crippen molar-refractivity contribution in [2.45, 2.75) is 84.7 Å². The van der Waals surface area contributed by atoms with E-state index in [2.05, 4.69) is 65.1 Å². The van der Waals surface area contributed by atoms with Gasteiger partial charge in [-0.25, -0.2) is 0 Å². The predicted molar refractivity (Wildman–Crippen MR) is 127 cm³/mol. The summed E-state index contributed by atoms with van der Waals surface area (Å²) in [5.74, 6) is 0.605. The molecule has 1 amide bonds. The number of anilines is 1. The Morgan fingerprint density at radius 1 is 1.07 bits per heavy atom. The van der Waals surface area contributed by atoms with Crippen molar-refractivity contribution in [1.29, 1.82) is 0 Å². The van der Waals surface area contributed by atoms with Gasteiger partial charge >= 0.3 is 0 Å². The monoisotopic (exact) mass is 428 g/mol. The summed E-state index contributed by atoms with van der Waals surface area (Å²) in [6, 6.07) is 14.4. The van der Waals surface area contributed by atoms with Crippen LogP contribution >= 0.6 is 11.6 Å². The number of nitrogens with one attached hydrogen (secondary N) is 1. The van der Waals surface area contributed by atoms with E-state index in [0.717, 1.165) is 24.2 Å². The van der Waals surface area contributed by atoms with Gasteiger partial charge in [0.15, 0.2) is 6.10 Å². The summed E-state index contributed by atoms with van der Waals surface area (Å²) < 4.78 is 6.29. The lowest BCUT2D eigenvalue weighted by molar-refractivity contribution is -0.122. The zero-order chi connectivity index (χ0) is 22.5. The molecule has 2 aromatic rings. The highest BCUT2D eigenvalue weighted by Gasteiger charge is 2.28. The molecule has 2 rings (SSSR count). The highest BCUT2D eigenvalue weighted by Crippen LogP contribution is 2.39. The van der Waals surface area contributed by atoms with Crippen molar-refractivity contribution in [2.75, 3.05) is 5.32 Å². The van der Waals surface area contributed by atoms with Crippen LogP contribution in [-0.2, 0) is 15.6 Å². The Morgan fingerprint density at radius 2 is 1.73 bits per heavy atom. The first-order valence-electron chi connectivity index (χ1n) is 10.8. The molecule has 0 heterocycles. The summed E-state index contributed by atoms with van der Waals surface area (Å²) in [7, 11) is 0. The molecule has 0 fully saturated rings. The molecule has 0 aliphatic rings. The minimum Gasteiger partial charge on any atom is -0.480 e. The fraction of sp³-hybridized carbons (Fsp3) is 0.500. The van der Waals surface area contributed by atoms with Gasteiger partial charge in [0.05, 0.1) is 0 Å². The van der Waals surface area contributed by atoms with Crippen molar-refractivity contribution in [3.05, 3.63) is 58.6 Å². The third kappa shape index (κ3) is 5.78. The molecule has 0 aromatic heterocycles. The van der Waals surface area contributed by atoms with E-state index in [4.69, 9.17) is 16.3 Å². The molecule has 0 spiro atoms. The van der Waals surface area contributed by atoms with Crippen molar-refractivity contribution in [3.63, 3.8) is 0 Å². The quantitative estimate of drug-likeness (QED) is 0.454. The van der Waals surface area contributed by atoms with Gasteiger partial charge < -0.3 is 10.1 Å². The molecular formula is C26H35ClNO2. The van der Waals surface area contributed by atoms with Crippen LogP contribution in [0.5, 0.6) is 5.75 Å². The highest BCUT2D eigenvalue weighted by molar-refractivity contribution is 6.30. The average molecular weight is 429 g/mol. The second-order valence-corrected chi connectivity index (χ2v) is 9.52. The molecule has 30 heavy (non-hydrogen) atoms. The molecule has 1 radical (unpaired) electrons. The van der Waals surface area contributed by atoms with Gasteiger partial charge in [-0.3, -0.25) is 4.79 Å². The SMILES string of the molecule is CCC(Oc1ccc(C(C)(C)CC)cc1C(C)(C)CC)C(=O)Nc1c[c]c(Cl)cc1. The van der Waals surface area contributed by atoms with Crippen LogP contribution in [0.4, 0.5) is 5.69 Å². The number of benzene rings is 2. The van der Waals surface area contributed by atoms with Gasteiger partial charge in [0.1, 0.15) is 5.75 Å². The lowest BCUT2D eigenvalue weighted by Crippen LogP contribution is -2.33. The van der Waals surface area contributed by atoms with Crippen molar-refractivity contribution < 1.29 is 9.53 Å². The summed E-state index contributed by atoms with van der Waals surface area (Å²) >= 11 is 5.88. The Balaban J connectivity index is 2.33. The normalized spacial score (nSPS) is 13.1. The summed E-state index contributed by atoms with van der Waals surface area (Å²) in [6.07, 6.45) is 2.01. The van der Waals surface area contributed by atoms with Gasteiger partial charge in [0.2, 0.25) is 0 Å². The van der Waals surface area contributed by atoms with Crippen LogP contribution in [0.1, 0.15) is 78.9 Å². The summed E-state index contributed by atoms with van der Waals surface area (Å²) in [6.45, 7) is 15.3. The minimum absolute atomic E-state index is 0.0604. The Labute approximate surface area is 187 Å². The van der Waals surface area contributed by atoms with Gasteiger partial charge in [-0.2, -0.15) is 0 Å². The maximum Gasteiger partial charge on any atom is 0.265 e. The predicted octanol–water partition coefficient (Wildman–Crippen LogP) is 7.31. The molecule has 0 aliphatic heterocycles. The summed E-state index contributed by atoms with van der Waals surface area (Å²) in [5.41, 5.74) is 3.12. The summed E-state index contributed by atoms with van der Waals surface area (Å²) in [4.78, 5) is 12.9. The Bertz CT molecular complexity index is 856. The highest BCUT2D eigenvalue weighted by atomic mass is 35.5. The van der Waals surface area contributed by atoms with Crippen LogP contribution in [0, 0.1) is 6.07 Å². The average Bonchev–Trinajstić information content (AvgIpc) is 2.73. The lowest BCUT2D eigenvalue weighted by atomic mass is 9.76. The number of carbonyl (C=O) groups is 1. The number of ether oxygens (including phenoxy) is 1. The van der Waals surface area contributed by atoms with E-state index in [0.29, 0.717) is 17.1 Å². The zero-order valence-corrected chi connectivity index (χ0v) is 20.1. The molecule has 4 heteroatoms. The topological polar surface area (TPSA) is 38.3 Å². The van der Waals surface area contributed by atoms with Crippen molar-refractivity contribution >= 4 is 23.2 Å². The first-order valence-corrected chi connectivity index (χ1v) is 11.2. The zero-order valence-electron chi connectivity index (χ0n) is 19.4. The first-order chi connectivity index (χ1) is 14.0. The van der Waals surface area contributed by atoms with Gasteiger partial charge in [0, 0.05) is 22.3 Å². The number of hydrogen-bond acceptors (Lipinski definition) is 2. The van der Waals surface area contributed by atoms with Crippen LogP contribution < -0.4 is 10.1 Å². The molecule has 0 saturated carbocycles. The molecule has 1 atom stereocenters. The first kappa shape index (κ1) is 24.3. The fourth-order valence-corrected chi connectivity index (χ4v) is 3.28. The van der Waals surface area contributed by atoms with Gasteiger partial charge in [-0.15, -0.1) is 0 Å². The minimum atomic E-state index is -0.586. The van der Waals surface area contributed by atoms with Crippen molar-refractivity contribution in [1.82, 2.24) is 0 Å². The van der Waals surface area contributed by atoms with E-state index in [1.54, 1.807) is 18.2 Å². The van der Waals surface area contributed by atoms with E-state index >= 15 is 0 Å². The van der Waals surface area contributed by atoms with Crippen molar-refractivity contribution in [2.24, 2.45) is 0 Å². The summed E-state index contributed by atoms with van der Waals surface area (Å²) in [5, 5.41) is 3.42. The number of carbonyl (C=O) groups excluding carboxylic acids is 1. The number of amides is 1. The second-order valence-electron chi connectivity index (χ2n) is 9.12. The maximum atomic E-state index is 12.9. The number of rotatable bonds is 9. The van der Waals surface area contributed by atoms with Gasteiger partial charge in [-0.05, 0) is 59.9 Å². The van der Waals surface area contributed by atoms with Crippen LogP contribution in [0.25, 0.3) is 0 Å². The van der Waals surface area contributed by atoms with Gasteiger partial charge in [0.25, 0.3) is 5.91 Å². The maximum absolute atomic E-state index is 12.9. The van der Waals surface area contributed by atoms with Crippen LogP contribution in [-0.4, -0.2) is 12.0 Å². The third-order valence-corrected chi connectivity index (χ3v) is 6.47. The Hall–Kier alpha value is -2.00. The molecule has 3 nitrogen and oxygen atoms in total. The molecule has 0 aliphatic carbocycles. The molecule has 2 aromatic carbocycles. The third-order valence-electron chi connectivity index (χ3n) is 6.23. The molecule has 163 valence electrons. The van der Waals surface area contributed by atoms with E-state index < -0.39 is 6.10 Å². The molecule has 0 saturated heterocycles. The van der Waals surface area contributed by atoms with Crippen molar-refractivity contribution in [3.8, 4) is 5.75 Å². The van der Waals surface area contributed by atoms with E-state index in [1.165, 1.54) is 5.56 Å². The molecule has 0 bridgehead atoms. The largest absolute Gasteiger partial charge is 0.480 e. The Kier molecular flexibility index (Phi) is 7.99. The molecule has 1 N–H and O–H groups in total. The standard InChI is InChI=1S/C26H35ClNO2/c1-8-22(24(29)28-20-14-12-19(27)13-15-20)30-23-16-11-18(25(4,5)9-2)17-21(23)26(6,7)10-3/h11-12,14-17,22H,8-10H2,1-7H3,(H,28,29).